The summed E-state index contributed by atoms with van der Waals surface area (Å²) in [6, 6.07) is 0.500. The standard InChI is InChI=1S/C19H33N5O2/c1-22-17-13-14(18(25)20-8-4-12-23-10-2-3-11-23)5-6-15(17)24-16(19(22)26)7-9-21-24/h14-17,21H,2-13H2,1H3,(H,20,25). The van der Waals surface area contributed by atoms with Crippen LogP contribution in [0.4, 0.5) is 0 Å². The molecule has 3 heterocycles. The van der Waals surface area contributed by atoms with E-state index in [1.165, 1.54) is 25.9 Å². The van der Waals surface area contributed by atoms with Crippen molar-refractivity contribution in [2.24, 2.45) is 5.92 Å². The lowest BCUT2D eigenvalue weighted by Gasteiger charge is -2.50. The minimum atomic E-state index is -0.00258. The van der Waals surface area contributed by atoms with Gasteiger partial charge in [-0.25, -0.2) is 5.01 Å². The van der Waals surface area contributed by atoms with Crippen LogP contribution in [-0.4, -0.2) is 84.5 Å². The van der Waals surface area contributed by atoms with Crippen LogP contribution in [-0.2, 0) is 9.59 Å². The van der Waals surface area contributed by atoms with Crippen molar-refractivity contribution >= 4 is 11.8 Å². The average molecular weight is 364 g/mol. The molecule has 7 heteroatoms. The fourth-order valence-corrected chi connectivity index (χ4v) is 5.34. The molecule has 26 heavy (non-hydrogen) atoms. The molecule has 3 aliphatic heterocycles. The molecule has 4 atom stereocenters. The number of hydrazine groups is 1. The Kier molecular flexibility index (Phi) is 5.47. The van der Waals surface area contributed by atoms with E-state index in [4.69, 9.17) is 0 Å². The zero-order valence-electron chi connectivity index (χ0n) is 16.0. The molecule has 4 rings (SSSR count). The molecule has 4 fully saturated rings. The van der Waals surface area contributed by atoms with E-state index in [1.54, 1.807) is 0 Å². The van der Waals surface area contributed by atoms with Gasteiger partial charge >= 0.3 is 0 Å². The van der Waals surface area contributed by atoms with Crippen molar-refractivity contribution in [1.82, 2.24) is 25.6 Å². The molecule has 0 aromatic heterocycles. The number of piperazine rings is 1. The number of carbonyl (C=O) groups excluding carboxylic acids is 2. The van der Waals surface area contributed by atoms with Crippen molar-refractivity contribution in [3.05, 3.63) is 0 Å². The molecular weight excluding hydrogens is 330 g/mol. The van der Waals surface area contributed by atoms with E-state index >= 15 is 0 Å². The molecule has 4 aliphatic rings. The smallest absolute Gasteiger partial charge is 0.241 e. The van der Waals surface area contributed by atoms with Gasteiger partial charge in [0.1, 0.15) is 6.04 Å². The van der Waals surface area contributed by atoms with Crippen LogP contribution in [0.15, 0.2) is 0 Å². The highest BCUT2D eigenvalue weighted by atomic mass is 16.2. The number of hydrogen-bond donors (Lipinski definition) is 2. The van der Waals surface area contributed by atoms with Crippen molar-refractivity contribution in [1.29, 1.82) is 0 Å². The summed E-state index contributed by atoms with van der Waals surface area (Å²) in [5, 5.41) is 5.34. The molecule has 1 aliphatic carbocycles. The van der Waals surface area contributed by atoms with Crippen molar-refractivity contribution in [2.75, 3.05) is 39.8 Å². The van der Waals surface area contributed by atoms with Crippen molar-refractivity contribution in [2.45, 2.75) is 63.1 Å². The van der Waals surface area contributed by atoms with E-state index in [0.717, 1.165) is 51.7 Å². The predicted octanol–water partition coefficient (Wildman–Crippen LogP) is 0.177. The van der Waals surface area contributed by atoms with Gasteiger partial charge in [-0.1, -0.05) is 0 Å². The van der Waals surface area contributed by atoms with Crippen molar-refractivity contribution in [3.8, 4) is 0 Å². The minimum Gasteiger partial charge on any atom is -0.356 e. The molecule has 2 amide bonds. The van der Waals surface area contributed by atoms with Gasteiger partial charge in [0.25, 0.3) is 0 Å². The molecule has 0 aromatic carbocycles. The fraction of sp³-hybridized carbons (Fsp3) is 0.895. The summed E-state index contributed by atoms with van der Waals surface area (Å²) < 4.78 is 0. The topological polar surface area (TPSA) is 67.9 Å². The van der Waals surface area contributed by atoms with E-state index in [9.17, 15) is 9.59 Å². The largest absolute Gasteiger partial charge is 0.356 e. The third-order valence-electron chi connectivity index (χ3n) is 6.84. The SMILES string of the molecule is CN1C(=O)C2CCNN2C2CCC(C(=O)NCCCN3CCCC3)CC21. The Balaban J connectivity index is 1.26. The molecule has 1 saturated carbocycles. The quantitative estimate of drug-likeness (QED) is 0.682. The maximum absolute atomic E-state index is 12.6. The molecule has 3 saturated heterocycles. The van der Waals surface area contributed by atoms with Gasteiger partial charge in [-0.15, -0.1) is 0 Å². The summed E-state index contributed by atoms with van der Waals surface area (Å²) in [7, 11) is 1.92. The highest BCUT2D eigenvalue weighted by Crippen LogP contribution is 2.36. The number of rotatable bonds is 5. The van der Waals surface area contributed by atoms with Crippen LogP contribution >= 0.6 is 0 Å². The number of hydrogen-bond acceptors (Lipinski definition) is 5. The van der Waals surface area contributed by atoms with Gasteiger partial charge in [-0.05, 0) is 64.6 Å². The number of likely N-dealkylation sites (N-methyl/N-ethyl adjacent to an activating group) is 1. The van der Waals surface area contributed by atoms with E-state index in [2.05, 4.69) is 20.7 Å². The molecule has 146 valence electrons. The second-order valence-corrected chi connectivity index (χ2v) is 8.41. The lowest BCUT2D eigenvalue weighted by Crippen LogP contribution is -2.67. The van der Waals surface area contributed by atoms with Crippen LogP contribution < -0.4 is 10.7 Å². The minimum absolute atomic E-state index is 0.00258. The summed E-state index contributed by atoms with van der Waals surface area (Å²) in [5.41, 5.74) is 3.40. The number of nitrogens with zero attached hydrogens (tertiary/aromatic N) is 3. The van der Waals surface area contributed by atoms with Gasteiger partial charge in [0.2, 0.25) is 11.8 Å². The Morgan fingerprint density at radius 3 is 2.81 bits per heavy atom. The molecule has 0 radical (unpaired) electrons. The molecule has 4 unspecified atom stereocenters. The first-order valence-electron chi connectivity index (χ1n) is 10.4. The Morgan fingerprint density at radius 2 is 2.00 bits per heavy atom. The van der Waals surface area contributed by atoms with E-state index in [-0.39, 0.29) is 29.8 Å². The van der Waals surface area contributed by atoms with Gasteiger partial charge < -0.3 is 15.1 Å². The number of nitrogens with one attached hydrogen (secondary N) is 2. The molecular formula is C19H33N5O2. The van der Waals surface area contributed by atoms with Crippen molar-refractivity contribution < 1.29 is 9.59 Å². The molecule has 0 bridgehead atoms. The lowest BCUT2D eigenvalue weighted by atomic mass is 9.79. The van der Waals surface area contributed by atoms with Gasteiger partial charge in [0, 0.05) is 38.1 Å². The number of likely N-dealkylation sites (tertiary alicyclic amines) is 1. The molecule has 7 nitrogen and oxygen atoms in total. The summed E-state index contributed by atoms with van der Waals surface area (Å²) in [6.07, 6.45) is 7.25. The second-order valence-electron chi connectivity index (χ2n) is 8.41. The highest BCUT2D eigenvalue weighted by molar-refractivity contribution is 5.84. The first-order valence-corrected chi connectivity index (χ1v) is 10.4. The number of amides is 2. The number of fused-ring (bicyclic) bond motifs is 3. The average Bonchev–Trinajstić information content (AvgIpc) is 3.34. The van der Waals surface area contributed by atoms with Crippen LogP contribution in [0.5, 0.6) is 0 Å². The fourth-order valence-electron chi connectivity index (χ4n) is 5.34. The maximum atomic E-state index is 12.6. The van der Waals surface area contributed by atoms with Gasteiger partial charge in [0.05, 0.1) is 0 Å². The van der Waals surface area contributed by atoms with Crippen LogP contribution in [0, 0.1) is 5.92 Å². The maximum Gasteiger partial charge on any atom is 0.241 e. The zero-order chi connectivity index (χ0) is 18.1. The Hall–Kier alpha value is -1.18. The summed E-state index contributed by atoms with van der Waals surface area (Å²) in [5.74, 6) is 0.433. The highest BCUT2D eigenvalue weighted by Gasteiger charge is 2.50. The first kappa shape index (κ1) is 18.2. The molecule has 0 spiro atoms. The van der Waals surface area contributed by atoms with Crippen LogP contribution in [0.3, 0.4) is 0 Å². The third-order valence-corrected chi connectivity index (χ3v) is 6.84. The molecule has 0 aromatic rings. The zero-order valence-corrected chi connectivity index (χ0v) is 16.0. The van der Waals surface area contributed by atoms with Crippen LogP contribution in [0.1, 0.15) is 44.9 Å². The monoisotopic (exact) mass is 363 g/mol. The van der Waals surface area contributed by atoms with Gasteiger partial charge in [-0.2, -0.15) is 0 Å². The molecule has 2 N–H and O–H groups in total. The summed E-state index contributed by atoms with van der Waals surface area (Å²) in [4.78, 5) is 29.6. The van der Waals surface area contributed by atoms with Crippen LogP contribution in [0.25, 0.3) is 0 Å². The number of carbonyl (C=O) groups is 2. The Labute approximate surface area is 156 Å². The van der Waals surface area contributed by atoms with E-state index in [1.807, 2.05) is 11.9 Å². The van der Waals surface area contributed by atoms with Gasteiger partial charge in [-0.3, -0.25) is 15.0 Å². The predicted molar refractivity (Wildman–Crippen MR) is 99.2 cm³/mol. The summed E-state index contributed by atoms with van der Waals surface area (Å²) >= 11 is 0. The first-order chi connectivity index (χ1) is 12.6. The third kappa shape index (κ3) is 3.49. The second kappa shape index (κ2) is 7.82. The van der Waals surface area contributed by atoms with Crippen molar-refractivity contribution in [3.63, 3.8) is 0 Å². The van der Waals surface area contributed by atoms with Gasteiger partial charge in [0.15, 0.2) is 0 Å². The Morgan fingerprint density at radius 1 is 1.19 bits per heavy atom. The lowest BCUT2D eigenvalue weighted by molar-refractivity contribution is -0.153. The summed E-state index contributed by atoms with van der Waals surface area (Å²) in [6.45, 7) is 5.17. The normalized spacial score (nSPS) is 35.4. The van der Waals surface area contributed by atoms with Crippen LogP contribution in [0.2, 0.25) is 0 Å². The Bertz CT molecular complexity index is 536. The van der Waals surface area contributed by atoms with E-state index < -0.39 is 0 Å². The van der Waals surface area contributed by atoms with E-state index in [0.29, 0.717) is 6.04 Å².